The average molecular weight is 410 g/mol. The summed E-state index contributed by atoms with van der Waals surface area (Å²) in [6.07, 6.45) is 17.2. The van der Waals surface area contributed by atoms with Crippen molar-refractivity contribution in [1.82, 2.24) is 0 Å². The van der Waals surface area contributed by atoms with Crippen LogP contribution in [0.4, 0.5) is 5.69 Å². The summed E-state index contributed by atoms with van der Waals surface area (Å²) in [5.41, 5.74) is 8.70. The number of hydrogen-bond acceptors (Lipinski definition) is 3. The van der Waals surface area contributed by atoms with E-state index in [1.807, 2.05) is 42.5 Å². The normalized spacial score (nSPS) is 12.3. The Morgan fingerprint density at radius 3 is 1.97 bits per heavy atom. The molecular weight excluding hydrogens is 370 g/mol. The molecule has 2 rings (SSSR count). The largest absolute Gasteiger partial charge is 0.461 e. The first-order valence-electron chi connectivity index (χ1n) is 11.6. The van der Waals surface area contributed by atoms with E-state index in [1.165, 1.54) is 69.8 Å². The van der Waals surface area contributed by atoms with Crippen LogP contribution in [0.2, 0.25) is 0 Å². The van der Waals surface area contributed by atoms with E-state index in [1.54, 1.807) is 6.08 Å². The Kier molecular flexibility index (Phi) is 11.8. The van der Waals surface area contributed by atoms with Crippen molar-refractivity contribution in [2.45, 2.75) is 83.8 Å². The molecule has 0 aromatic heterocycles. The topological polar surface area (TPSA) is 55.5 Å². The smallest absolute Gasteiger partial charge is 0.217 e. The fourth-order valence-electron chi connectivity index (χ4n) is 3.53. The van der Waals surface area contributed by atoms with E-state index in [2.05, 4.69) is 19.1 Å². The van der Waals surface area contributed by atoms with Crippen LogP contribution in [0.3, 0.4) is 0 Å². The quantitative estimate of drug-likeness (QED) is 0.187. The van der Waals surface area contributed by atoms with E-state index in [0.29, 0.717) is 5.75 Å². The number of aliphatic hydroxyl groups is 1. The minimum Gasteiger partial charge on any atom is -0.461 e. The van der Waals surface area contributed by atoms with Crippen molar-refractivity contribution in [3.8, 4) is 5.75 Å². The molecule has 3 nitrogen and oxygen atoms in total. The Hall–Kier alpha value is -2.26. The molecule has 0 saturated carbocycles. The van der Waals surface area contributed by atoms with Gasteiger partial charge in [-0.3, -0.25) is 0 Å². The van der Waals surface area contributed by atoms with Crippen molar-refractivity contribution in [2.75, 3.05) is 5.73 Å². The molecule has 0 aliphatic rings. The standard InChI is InChI=1S/C27H39NO2/c1-2-3-4-5-6-7-8-9-10-11-12-23-15-20-26(21-16-23)30-27(29)22-17-24-13-18-25(28)19-14-24/h13-22,27,29H,2-12,28H2,1H3. The second kappa shape index (κ2) is 14.7. The number of aliphatic hydroxyl groups excluding tert-OH is 1. The summed E-state index contributed by atoms with van der Waals surface area (Å²) in [5.74, 6) is 0.677. The van der Waals surface area contributed by atoms with Crippen LogP contribution in [0.15, 0.2) is 54.6 Å². The van der Waals surface area contributed by atoms with Crippen LogP contribution >= 0.6 is 0 Å². The van der Waals surface area contributed by atoms with Gasteiger partial charge in [0.25, 0.3) is 0 Å². The molecule has 0 bridgehead atoms. The van der Waals surface area contributed by atoms with Crippen LogP contribution in [-0.2, 0) is 6.42 Å². The number of anilines is 1. The van der Waals surface area contributed by atoms with E-state index in [4.69, 9.17) is 10.5 Å². The Morgan fingerprint density at radius 1 is 0.800 bits per heavy atom. The highest BCUT2D eigenvalue weighted by Gasteiger charge is 2.02. The third kappa shape index (κ3) is 10.5. The Bertz CT molecular complexity index is 707. The van der Waals surface area contributed by atoms with Crippen molar-refractivity contribution >= 4 is 11.8 Å². The summed E-state index contributed by atoms with van der Waals surface area (Å²) in [6, 6.07) is 15.5. The van der Waals surface area contributed by atoms with Gasteiger partial charge in [-0.05, 0) is 54.3 Å². The Labute approximate surface area is 183 Å². The first-order chi connectivity index (χ1) is 14.7. The zero-order valence-electron chi connectivity index (χ0n) is 18.6. The van der Waals surface area contributed by atoms with Gasteiger partial charge in [-0.1, -0.05) is 95.1 Å². The van der Waals surface area contributed by atoms with Gasteiger partial charge in [0.2, 0.25) is 6.29 Å². The zero-order valence-corrected chi connectivity index (χ0v) is 18.6. The van der Waals surface area contributed by atoms with E-state index in [-0.39, 0.29) is 0 Å². The van der Waals surface area contributed by atoms with Crippen LogP contribution in [0.5, 0.6) is 5.75 Å². The maximum Gasteiger partial charge on any atom is 0.217 e. The molecule has 2 aromatic rings. The van der Waals surface area contributed by atoms with E-state index in [0.717, 1.165) is 17.7 Å². The SMILES string of the molecule is CCCCCCCCCCCCc1ccc(OC(O)C=Cc2ccc(N)cc2)cc1. The van der Waals surface area contributed by atoms with E-state index in [9.17, 15) is 5.11 Å². The minimum absolute atomic E-state index is 0.677. The van der Waals surface area contributed by atoms with Crippen LogP contribution in [0.25, 0.3) is 6.08 Å². The van der Waals surface area contributed by atoms with Gasteiger partial charge in [-0.15, -0.1) is 0 Å². The van der Waals surface area contributed by atoms with Gasteiger partial charge in [0.05, 0.1) is 0 Å². The highest BCUT2D eigenvalue weighted by Crippen LogP contribution is 2.17. The predicted octanol–water partition coefficient (Wildman–Crippen LogP) is 7.14. The molecule has 1 unspecified atom stereocenters. The molecule has 0 aliphatic heterocycles. The number of ether oxygens (including phenoxy) is 1. The second-order valence-electron chi connectivity index (χ2n) is 8.11. The molecule has 0 amide bonds. The lowest BCUT2D eigenvalue weighted by atomic mass is 10.0. The molecule has 30 heavy (non-hydrogen) atoms. The molecule has 0 spiro atoms. The van der Waals surface area contributed by atoms with Gasteiger partial charge in [0.15, 0.2) is 0 Å². The van der Waals surface area contributed by atoms with Gasteiger partial charge in [0, 0.05) is 5.69 Å². The van der Waals surface area contributed by atoms with Crippen LogP contribution in [-0.4, -0.2) is 11.4 Å². The van der Waals surface area contributed by atoms with Crippen molar-refractivity contribution in [3.63, 3.8) is 0 Å². The Morgan fingerprint density at radius 2 is 1.37 bits per heavy atom. The molecule has 0 aliphatic carbocycles. The van der Waals surface area contributed by atoms with Crippen LogP contribution < -0.4 is 10.5 Å². The summed E-state index contributed by atoms with van der Waals surface area (Å²) in [7, 11) is 0. The lowest BCUT2D eigenvalue weighted by Crippen LogP contribution is -2.11. The molecule has 0 radical (unpaired) electrons. The fraction of sp³-hybridized carbons (Fsp3) is 0.481. The number of benzene rings is 2. The number of nitrogen functional groups attached to an aromatic ring is 1. The van der Waals surface area contributed by atoms with Gasteiger partial charge in [-0.2, -0.15) is 0 Å². The molecule has 0 heterocycles. The first kappa shape index (κ1) is 24.0. The predicted molar refractivity (Wildman–Crippen MR) is 129 cm³/mol. The Balaban J connectivity index is 1.58. The highest BCUT2D eigenvalue weighted by atomic mass is 16.6. The van der Waals surface area contributed by atoms with Gasteiger partial charge >= 0.3 is 0 Å². The second-order valence-corrected chi connectivity index (χ2v) is 8.11. The van der Waals surface area contributed by atoms with Crippen LogP contribution in [0, 0.1) is 0 Å². The van der Waals surface area contributed by atoms with Gasteiger partial charge < -0.3 is 15.6 Å². The van der Waals surface area contributed by atoms with Crippen molar-refractivity contribution in [2.24, 2.45) is 0 Å². The number of aryl methyl sites for hydroxylation is 1. The number of hydrogen-bond donors (Lipinski definition) is 2. The number of rotatable bonds is 15. The number of unbranched alkanes of at least 4 members (excludes halogenated alkanes) is 9. The monoisotopic (exact) mass is 409 g/mol. The fourth-order valence-corrected chi connectivity index (χ4v) is 3.53. The maximum absolute atomic E-state index is 10.1. The molecule has 2 aromatic carbocycles. The summed E-state index contributed by atoms with van der Waals surface area (Å²) in [6.45, 7) is 2.27. The lowest BCUT2D eigenvalue weighted by Gasteiger charge is -2.10. The molecule has 3 heteroatoms. The molecular formula is C27H39NO2. The highest BCUT2D eigenvalue weighted by molar-refractivity contribution is 5.53. The lowest BCUT2D eigenvalue weighted by molar-refractivity contribution is 0.0254. The number of nitrogens with two attached hydrogens (primary N) is 1. The van der Waals surface area contributed by atoms with E-state index >= 15 is 0 Å². The van der Waals surface area contributed by atoms with Crippen LogP contribution in [0.1, 0.15) is 82.3 Å². The summed E-state index contributed by atoms with van der Waals surface area (Å²) in [4.78, 5) is 0. The van der Waals surface area contributed by atoms with Gasteiger partial charge in [0.1, 0.15) is 5.75 Å². The minimum atomic E-state index is -0.977. The zero-order chi connectivity index (χ0) is 21.4. The summed E-state index contributed by atoms with van der Waals surface area (Å²) in [5, 5.41) is 10.1. The molecule has 164 valence electrons. The summed E-state index contributed by atoms with van der Waals surface area (Å²) < 4.78 is 5.56. The molecule has 1 atom stereocenters. The van der Waals surface area contributed by atoms with Crippen molar-refractivity contribution in [1.29, 1.82) is 0 Å². The summed E-state index contributed by atoms with van der Waals surface area (Å²) >= 11 is 0. The van der Waals surface area contributed by atoms with Gasteiger partial charge in [-0.25, -0.2) is 0 Å². The third-order valence-electron chi connectivity index (χ3n) is 5.39. The first-order valence-corrected chi connectivity index (χ1v) is 11.6. The molecule has 0 saturated heterocycles. The molecule has 3 N–H and O–H groups in total. The van der Waals surface area contributed by atoms with Crippen molar-refractivity contribution in [3.05, 3.63) is 65.7 Å². The molecule has 0 fully saturated rings. The average Bonchev–Trinajstić information content (AvgIpc) is 2.76. The van der Waals surface area contributed by atoms with E-state index < -0.39 is 6.29 Å². The van der Waals surface area contributed by atoms with Crippen molar-refractivity contribution < 1.29 is 9.84 Å². The maximum atomic E-state index is 10.1. The third-order valence-corrected chi connectivity index (χ3v) is 5.39.